The number of pyridine rings is 1. The Hall–Kier alpha value is -1.42. The van der Waals surface area contributed by atoms with Gasteiger partial charge in [-0.1, -0.05) is 29.8 Å². The van der Waals surface area contributed by atoms with Crippen LogP contribution in [0.3, 0.4) is 0 Å². The summed E-state index contributed by atoms with van der Waals surface area (Å²) in [6.07, 6.45) is 11.9. The molecule has 2 aromatic heterocycles. The summed E-state index contributed by atoms with van der Waals surface area (Å²) >= 11 is 7.60. The molecule has 0 radical (unpaired) electrons. The molecule has 1 spiro atoms. The summed E-state index contributed by atoms with van der Waals surface area (Å²) in [5.41, 5.74) is 6.56. The fourth-order valence-corrected chi connectivity index (χ4v) is 6.55. The van der Waals surface area contributed by atoms with Gasteiger partial charge in [-0.3, -0.25) is 10.1 Å². The van der Waals surface area contributed by atoms with Gasteiger partial charge in [-0.2, -0.15) is 0 Å². The van der Waals surface area contributed by atoms with E-state index < -0.39 is 11.0 Å². The summed E-state index contributed by atoms with van der Waals surface area (Å²) in [5.74, 6) is 1.80. The van der Waals surface area contributed by atoms with Gasteiger partial charge in [0, 0.05) is 30.4 Å². The predicted molar refractivity (Wildman–Crippen MR) is 132 cm³/mol. The molecule has 32 heavy (non-hydrogen) atoms. The van der Waals surface area contributed by atoms with Crippen LogP contribution in [-0.4, -0.2) is 37.0 Å². The monoisotopic (exact) mass is 494 g/mol. The van der Waals surface area contributed by atoms with Crippen molar-refractivity contribution >= 4 is 46.0 Å². The Kier molecular flexibility index (Phi) is 7.00. The van der Waals surface area contributed by atoms with Gasteiger partial charge in [0.25, 0.3) is 0 Å². The third-order valence-corrected chi connectivity index (χ3v) is 9.91. The molecule has 2 aliphatic rings. The smallest absolute Gasteiger partial charge is 0.158 e. The third-order valence-electron chi connectivity index (χ3n) is 7.15. The van der Waals surface area contributed by atoms with Crippen molar-refractivity contribution in [3.8, 4) is 0 Å². The van der Waals surface area contributed by atoms with E-state index in [1.807, 2.05) is 19.9 Å². The number of rotatable bonds is 6. The first kappa shape index (κ1) is 23.7. The minimum atomic E-state index is -1.31. The highest BCUT2D eigenvalue weighted by Crippen LogP contribution is 2.53. The van der Waals surface area contributed by atoms with Gasteiger partial charge < -0.3 is 10.6 Å². The van der Waals surface area contributed by atoms with Gasteiger partial charge in [0.1, 0.15) is 10.8 Å². The van der Waals surface area contributed by atoms with E-state index in [0.29, 0.717) is 27.2 Å². The molecule has 174 valence electrons. The fourth-order valence-electron chi connectivity index (χ4n) is 5.21. The molecule has 4 N–H and O–H groups in total. The van der Waals surface area contributed by atoms with Crippen molar-refractivity contribution in [2.24, 2.45) is 16.5 Å². The largest absolute Gasteiger partial charge is 0.381 e. The van der Waals surface area contributed by atoms with Crippen molar-refractivity contribution in [2.75, 3.05) is 23.7 Å². The highest BCUT2D eigenvalue weighted by molar-refractivity contribution is 7.99. The van der Waals surface area contributed by atoms with E-state index >= 15 is 0 Å². The van der Waals surface area contributed by atoms with Crippen LogP contribution in [-0.2, 0) is 11.0 Å². The second-order valence-electron chi connectivity index (χ2n) is 9.53. The van der Waals surface area contributed by atoms with Gasteiger partial charge in [0.2, 0.25) is 0 Å². The number of aromatic nitrogens is 3. The van der Waals surface area contributed by atoms with Gasteiger partial charge in [0.05, 0.1) is 27.0 Å². The van der Waals surface area contributed by atoms with Crippen LogP contribution in [0.5, 0.6) is 0 Å². The number of nitrogens with two attached hydrogens (primary N) is 2. The molecule has 2 aromatic rings. The van der Waals surface area contributed by atoms with Crippen LogP contribution in [0.4, 0.5) is 11.6 Å². The second-order valence-corrected chi connectivity index (χ2v) is 12.7. The van der Waals surface area contributed by atoms with E-state index in [9.17, 15) is 4.21 Å². The maximum atomic E-state index is 12.0. The third kappa shape index (κ3) is 4.90. The second kappa shape index (κ2) is 9.44. The zero-order valence-electron chi connectivity index (χ0n) is 18.6. The predicted octanol–water partition coefficient (Wildman–Crippen LogP) is 4.44. The molecular formula is C22H31ClN6OS2. The molecule has 1 aliphatic heterocycles. The van der Waals surface area contributed by atoms with Crippen molar-refractivity contribution < 1.29 is 4.21 Å². The first-order valence-corrected chi connectivity index (χ1v) is 13.4. The maximum Gasteiger partial charge on any atom is 0.158 e. The van der Waals surface area contributed by atoms with Crippen molar-refractivity contribution in [2.45, 2.75) is 67.0 Å². The van der Waals surface area contributed by atoms with E-state index in [-0.39, 0.29) is 4.75 Å². The lowest BCUT2D eigenvalue weighted by Crippen LogP contribution is -2.45. The number of halogens is 1. The molecule has 0 amide bonds. The first-order chi connectivity index (χ1) is 15.2. The van der Waals surface area contributed by atoms with Gasteiger partial charge in [0.15, 0.2) is 5.82 Å². The van der Waals surface area contributed by atoms with E-state index in [1.165, 1.54) is 31.0 Å². The minimum Gasteiger partial charge on any atom is -0.381 e. The highest BCUT2D eigenvalue weighted by atomic mass is 35.5. The number of nitrogen functional groups attached to an aromatic ring is 1. The van der Waals surface area contributed by atoms with Crippen LogP contribution in [0.2, 0.25) is 5.02 Å². The van der Waals surface area contributed by atoms with Crippen LogP contribution in [0, 0.1) is 11.3 Å². The van der Waals surface area contributed by atoms with Crippen LogP contribution in [0.1, 0.15) is 52.4 Å². The Balaban J connectivity index is 1.42. The molecule has 3 heterocycles. The van der Waals surface area contributed by atoms with E-state index in [2.05, 4.69) is 19.9 Å². The molecule has 2 atom stereocenters. The van der Waals surface area contributed by atoms with Crippen molar-refractivity contribution in [1.82, 2.24) is 15.0 Å². The maximum absolute atomic E-state index is 12.0. The number of nitrogens with zero attached hydrogens (tertiary/aromatic N) is 4. The topological polar surface area (TPSA) is 111 Å². The van der Waals surface area contributed by atoms with Crippen molar-refractivity contribution in [1.29, 1.82) is 0 Å². The number of piperidine rings is 1. The summed E-state index contributed by atoms with van der Waals surface area (Å²) in [5, 5.41) is 6.98. The molecule has 2 fully saturated rings. The highest BCUT2D eigenvalue weighted by Gasteiger charge is 2.47. The average molecular weight is 495 g/mol. The van der Waals surface area contributed by atoms with Gasteiger partial charge in [-0.05, 0) is 63.4 Å². The zero-order chi connectivity index (χ0) is 22.9. The molecule has 0 bridgehead atoms. The number of anilines is 2. The van der Waals surface area contributed by atoms with Gasteiger partial charge in [-0.15, -0.1) is 0 Å². The van der Waals surface area contributed by atoms with E-state index in [0.717, 1.165) is 43.1 Å². The quantitative estimate of drug-likeness (QED) is 0.610. The van der Waals surface area contributed by atoms with Crippen molar-refractivity contribution in [3.05, 3.63) is 29.7 Å². The summed E-state index contributed by atoms with van der Waals surface area (Å²) in [4.78, 5) is 16.4. The lowest BCUT2D eigenvalue weighted by atomic mass is 9.68. The molecule has 1 saturated heterocycles. The summed E-state index contributed by atoms with van der Waals surface area (Å²) < 4.78 is 11.7. The molecule has 1 unspecified atom stereocenters. The number of hydrogen-bond donors (Lipinski definition) is 2. The Morgan fingerprint density at radius 2 is 2.06 bits per heavy atom. The molecule has 1 saturated carbocycles. The summed E-state index contributed by atoms with van der Waals surface area (Å²) in [6, 6.07) is 1.84. The van der Waals surface area contributed by atoms with Crippen LogP contribution < -0.4 is 15.8 Å². The summed E-state index contributed by atoms with van der Waals surface area (Å²) in [7, 11) is -1.31. The lowest BCUT2D eigenvalue weighted by molar-refractivity contribution is 0.134. The van der Waals surface area contributed by atoms with E-state index in [4.69, 9.17) is 22.5 Å². The zero-order valence-corrected chi connectivity index (χ0v) is 21.0. The van der Waals surface area contributed by atoms with E-state index in [1.54, 1.807) is 18.6 Å². The van der Waals surface area contributed by atoms with Crippen LogP contribution in [0.25, 0.3) is 0 Å². The Bertz CT molecular complexity index is 996. The minimum absolute atomic E-state index is 0.319. The molecule has 4 rings (SSSR count). The first-order valence-electron chi connectivity index (χ1n) is 11.0. The normalized spacial score (nSPS) is 21.8. The molecular weight excluding hydrogens is 464 g/mol. The Morgan fingerprint density at radius 3 is 2.72 bits per heavy atom. The number of hydrogen-bond acceptors (Lipinski definition) is 7. The van der Waals surface area contributed by atoms with Gasteiger partial charge >= 0.3 is 0 Å². The molecule has 7 nitrogen and oxygen atoms in total. The lowest BCUT2D eigenvalue weighted by Gasteiger charge is -2.45. The van der Waals surface area contributed by atoms with Crippen molar-refractivity contribution in [3.63, 3.8) is 0 Å². The molecule has 1 aliphatic carbocycles. The van der Waals surface area contributed by atoms with Gasteiger partial charge in [-0.25, -0.2) is 14.2 Å². The summed E-state index contributed by atoms with van der Waals surface area (Å²) in [6.45, 7) is 5.92. The fraction of sp³-hybridized carbons (Fsp3) is 0.591. The molecule has 0 aromatic carbocycles. The van der Waals surface area contributed by atoms with Crippen LogP contribution in [0.15, 0.2) is 34.6 Å². The Labute approximate surface area is 201 Å². The average Bonchev–Trinajstić information content (AvgIpc) is 3.12. The molecule has 10 heteroatoms. The Morgan fingerprint density at radius 1 is 1.31 bits per heavy atom. The van der Waals surface area contributed by atoms with Crippen LogP contribution >= 0.6 is 23.4 Å². The standard InChI is InChI=1S/C22H31ClN6OS2/c1-21(2,32(25)30)12-15-4-3-6-22(15)7-10-29(11-8-22)18-14-27-20(19(24)28-18)31-17-5-9-26-13-16(17)23/h5,9,13-15H,3-4,6-8,10-12,25H2,1-2H3,(H2,24,28)/t15-,32?/m1/s1. The SMILES string of the molecule is CC(C)(C[C@H]1CCCC12CCN(c1cnc(Sc3ccncc3Cl)c(N)n1)CC2)S(N)=O.